The van der Waals surface area contributed by atoms with Crippen molar-refractivity contribution in [3.8, 4) is 0 Å². The Kier molecular flexibility index (Phi) is 3.41. The zero-order chi connectivity index (χ0) is 12.8. The van der Waals surface area contributed by atoms with Gasteiger partial charge in [-0.15, -0.1) is 0 Å². The molecular weight excluding hydrogens is 222 g/mol. The van der Waals surface area contributed by atoms with Crippen LogP contribution in [-0.2, 0) is 0 Å². The first-order chi connectivity index (χ1) is 8.68. The Hall–Kier alpha value is -0.120. The molecule has 3 rings (SSSR count). The van der Waals surface area contributed by atoms with Gasteiger partial charge in [-0.1, -0.05) is 13.3 Å². The summed E-state index contributed by atoms with van der Waals surface area (Å²) in [5.41, 5.74) is 6.58. The summed E-state index contributed by atoms with van der Waals surface area (Å²) in [6, 6.07) is 1.60. The number of piperidine rings is 1. The van der Waals surface area contributed by atoms with E-state index < -0.39 is 0 Å². The SMILES string of the molecule is CCC1CCN(C2(CN)CC3CCC(C2)N3C)C1. The van der Waals surface area contributed by atoms with Crippen molar-refractivity contribution in [1.29, 1.82) is 0 Å². The predicted molar refractivity (Wildman–Crippen MR) is 75.6 cm³/mol. The Morgan fingerprint density at radius 2 is 1.83 bits per heavy atom. The van der Waals surface area contributed by atoms with Crippen molar-refractivity contribution in [3.63, 3.8) is 0 Å². The minimum absolute atomic E-state index is 0.336. The summed E-state index contributed by atoms with van der Waals surface area (Å²) in [5.74, 6) is 0.922. The smallest absolute Gasteiger partial charge is 0.0361 e. The highest BCUT2D eigenvalue weighted by Crippen LogP contribution is 2.44. The van der Waals surface area contributed by atoms with E-state index in [4.69, 9.17) is 5.73 Å². The van der Waals surface area contributed by atoms with E-state index >= 15 is 0 Å². The Morgan fingerprint density at radius 3 is 2.33 bits per heavy atom. The number of hydrogen-bond donors (Lipinski definition) is 1. The largest absolute Gasteiger partial charge is 0.329 e. The van der Waals surface area contributed by atoms with Crippen LogP contribution in [0.3, 0.4) is 0 Å². The first kappa shape index (κ1) is 12.9. The number of nitrogens with zero attached hydrogens (tertiary/aromatic N) is 2. The van der Waals surface area contributed by atoms with E-state index in [1.165, 1.54) is 51.6 Å². The average molecular weight is 251 g/mol. The molecule has 18 heavy (non-hydrogen) atoms. The Balaban J connectivity index is 1.76. The summed E-state index contributed by atoms with van der Waals surface area (Å²) in [7, 11) is 2.32. The molecule has 3 fully saturated rings. The third-order valence-corrected chi connectivity index (χ3v) is 6.13. The van der Waals surface area contributed by atoms with Crippen molar-refractivity contribution < 1.29 is 0 Å². The van der Waals surface area contributed by atoms with E-state index in [9.17, 15) is 0 Å². The highest BCUT2D eigenvalue weighted by Gasteiger charge is 2.50. The molecule has 0 spiro atoms. The maximum atomic E-state index is 6.24. The topological polar surface area (TPSA) is 32.5 Å². The van der Waals surface area contributed by atoms with Gasteiger partial charge in [-0.3, -0.25) is 4.90 Å². The molecule has 3 aliphatic rings. The van der Waals surface area contributed by atoms with E-state index in [0.29, 0.717) is 5.54 Å². The first-order valence-corrected chi connectivity index (χ1v) is 7.85. The van der Waals surface area contributed by atoms with Gasteiger partial charge in [0.1, 0.15) is 0 Å². The Morgan fingerprint density at radius 1 is 1.17 bits per heavy atom. The van der Waals surface area contributed by atoms with Crippen LogP contribution >= 0.6 is 0 Å². The summed E-state index contributed by atoms with van der Waals surface area (Å²) >= 11 is 0. The fourth-order valence-corrected chi connectivity index (χ4v) is 4.69. The average Bonchev–Trinajstić information content (AvgIpc) is 2.94. The lowest BCUT2D eigenvalue weighted by molar-refractivity contribution is 0.0126. The minimum Gasteiger partial charge on any atom is -0.329 e. The van der Waals surface area contributed by atoms with E-state index in [0.717, 1.165) is 24.5 Å². The quantitative estimate of drug-likeness (QED) is 0.828. The first-order valence-electron chi connectivity index (χ1n) is 7.85. The van der Waals surface area contributed by atoms with Gasteiger partial charge < -0.3 is 10.6 Å². The third-order valence-electron chi connectivity index (χ3n) is 6.13. The van der Waals surface area contributed by atoms with Crippen LogP contribution in [0.25, 0.3) is 0 Å². The molecule has 0 radical (unpaired) electrons. The maximum absolute atomic E-state index is 6.24. The number of likely N-dealkylation sites (tertiary alicyclic amines) is 1. The molecule has 3 heteroatoms. The molecule has 3 unspecified atom stereocenters. The molecule has 3 aliphatic heterocycles. The van der Waals surface area contributed by atoms with Crippen LogP contribution in [0.2, 0.25) is 0 Å². The summed E-state index contributed by atoms with van der Waals surface area (Å²) in [4.78, 5) is 5.39. The minimum atomic E-state index is 0.336. The van der Waals surface area contributed by atoms with Crippen LogP contribution in [0, 0.1) is 5.92 Å². The molecule has 0 saturated carbocycles. The molecule has 0 aromatic heterocycles. The zero-order valence-electron chi connectivity index (χ0n) is 12.1. The molecule has 3 nitrogen and oxygen atoms in total. The van der Waals surface area contributed by atoms with Gasteiger partial charge in [0, 0.05) is 30.7 Å². The molecule has 3 atom stereocenters. The van der Waals surface area contributed by atoms with Crippen molar-refractivity contribution in [2.24, 2.45) is 11.7 Å². The van der Waals surface area contributed by atoms with E-state index in [1.807, 2.05) is 0 Å². The third kappa shape index (κ3) is 1.91. The van der Waals surface area contributed by atoms with E-state index in [1.54, 1.807) is 0 Å². The van der Waals surface area contributed by atoms with E-state index in [2.05, 4.69) is 23.8 Å². The summed E-state index contributed by atoms with van der Waals surface area (Å²) in [6.45, 7) is 5.79. The second kappa shape index (κ2) is 4.77. The second-order valence-electron chi connectivity index (χ2n) is 6.90. The fourth-order valence-electron chi connectivity index (χ4n) is 4.69. The van der Waals surface area contributed by atoms with Gasteiger partial charge in [-0.25, -0.2) is 0 Å². The lowest BCUT2D eigenvalue weighted by Gasteiger charge is -2.50. The molecule has 0 aliphatic carbocycles. The van der Waals surface area contributed by atoms with Crippen LogP contribution in [0.1, 0.15) is 45.4 Å². The predicted octanol–water partition coefficient (Wildman–Crippen LogP) is 1.67. The molecule has 0 aromatic carbocycles. The standard InChI is InChI=1S/C15H29N3/c1-3-12-6-7-18(10-12)15(11-16)8-13-4-5-14(9-15)17(13)2/h12-14H,3-11,16H2,1-2H3. The second-order valence-corrected chi connectivity index (χ2v) is 6.90. The van der Waals surface area contributed by atoms with Crippen molar-refractivity contribution in [2.45, 2.75) is 63.1 Å². The van der Waals surface area contributed by atoms with Gasteiger partial charge >= 0.3 is 0 Å². The molecule has 3 heterocycles. The van der Waals surface area contributed by atoms with Gasteiger partial charge in [0.25, 0.3) is 0 Å². The van der Waals surface area contributed by atoms with Gasteiger partial charge in [0.05, 0.1) is 0 Å². The van der Waals surface area contributed by atoms with Crippen LogP contribution in [-0.4, -0.2) is 54.1 Å². The van der Waals surface area contributed by atoms with Crippen molar-refractivity contribution in [1.82, 2.24) is 9.80 Å². The highest BCUT2D eigenvalue weighted by molar-refractivity contribution is 5.07. The lowest BCUT2D eigenvalue weighted by atomic mass is 9.81. The molecule has 0 aromatic rings. The molecule has 3 saturated heterocycles. The maximum Gasteiger partial charge on any atom is 0.0361 e. The number of nitrogens with two attached hydrogens (primary N) is 1. The van der Waals surface area contributed by atoms with Gasteiger partial charge in [-0.2, -0.15) is 0 Å². The van der Waals surface area contributed by atoms with Crippen molar-refractivity contribution in [2.75, 3.05) is 26.7 Å². The van der Waals surface area contributed by atoms with Gasteiger partial charge in [0.2, 0.25) is 0 Å². The molecular formula is C15H29N3. The Bertz CT molecular complexity index is 290. The van der Waals surface area contributed by atoms with Gasteiger partial charge in [-0.05, 0) is 51.6 Å². The van der Waals surface area contributed by atoms with Gasteiger partial charge in [0.15, 0.2) is 0 Å². The fraction of sp³-hybridized carbons (Fsp3) is 1.00. The lowest BCUT2D eigenvalue weighted by Crippen LogP contribution is -2.61. The van der Waals surface area contributed by atoms with Crippen LogP contribution < -0.4 is 5.73 Å². The Labute approximate surface area is 112 Å². The van der Waals surface area contributed by atoms with Crippen LogP contribution in [0.15, 0.2) is 0 Å². The number of rotatable bonds is 3. The van der Waals surface area contributed by atoms with Crippen LogP contribution in [0.4, 0.5) is 0 Å². The molecule has 0 amide bonds. The normalized spacial score (nSPS) is 45.8. The van der Waals surface area contributed by atoms with Crippen molar-refractivity contribution >= 4 is 0 Å². The summed E-state index contributed by atoms with van der Waals surface area (Å²) in [5, 5.41) is 0. The molecule has 2 N–H and O–H groups in total. The monoisotopic (exact) mass is 251 g/mol. The highest BCUT2D eigenvalue weighted by atomic mass is 15.3. The number of fused-ring (bicyclic) bond motifs is 2. The summed E-state index contributed by atoms with van der Waals surface area (Å²) < 4.78 is 0. The molecule has 104 valence electrons. The van der Waals surface area contributed by atoms with Crippen LogP contribution in [0.5, 0.6) is 0 Å². The summed E-state index contributed by atoms with van der Waals surface area (Å²) in [6.07, 6.45) is 8.15. The number of hydrogen-bond acceptors (Lipinski definition) is 3. The molecule has 2 bridgehead atoms. The zero-order valence-corrected chi connectivity index (χ0v) is 12.1. The van der Waals surface area contributed by atoms with Crippen molar-refractivity contribution in [3.05, 3.63) is 0 Å². The van der Waals surface area contributed by atoms with E-state index in [-0.39, 0.29) is 0 Å².